The standard InChI is InChI=1S/C26H23ClFN5O/c1-3-22(34)33-12-11-32(15-17(33)13-29-2)21-9-10-30-26-19(21)14-31-25(24(26)28)18-5-4-6-20(27)23(18)16-7-8-16/h3-6,9-10,14,16-17H,1,7-8,11-13,15H2/t17-/m0/s1. The second-order valence-corrected chi connectivity index (χ2v) is 9.07. The molecule has 0 radical (unpaired) electrons. The molecule has 0 unspecified atom stereocenters. The van der Waals surface area contributed by atoms with Gasteiger partial charge in [-0.3, -0.25) is 14.8 Å². The number of hydrogen-bond donors (Lipinski definition) is 0. The maximum Gasteiger partial charge on any atom is 0.246 e. The molecule has 1 saturated heterocycles. The number of fused-ring (bicyclic) bond motifs is 1. The molecule has 172 valence electrons. The lowest BCUT2D eigenvalue weighted by molar-refractivity contribution is -0.128. The van der Waals surface area contributed by atoms with Crippen molar-refractivity contribution in [1.29, 1.82) is 0 Å². The van der Waals surface area contributed by atoms with Gasteiger partial charge in [0.2, 0.25) is 12.5 Å². The van der Waals surface area contributed by atoms with Gasteiger partial charge in [-0.05, 0) is 42.5 Å². The van der Waals surface area contributed by atoms with E-state index in [-0.39, 0.29) is 29.7 Å². The van der Waals surface area contributed by atoms with Crippen LogP contribution in [-0.4, -0.2) is 53.0 Å². The number of anilines is 1. The van der Waals surface area contributed by atoms with Crippen LogP contribution in [0.2, 0.25) is 5.02 Å². The first-order valence-corrected chi connectivity index (χ1v) is 11.6. The Bertz CT molecular complexity index is 1330. The molecule has 1 saturated carbocycles. The first-order valence-electron chi connectivity index (χ1n) is 11.3. The summed E-state index contributed by atoms with van der Waals surface area (Å²) in [4.78, 5) is 28.4. The van der Waals surface area contributed by atoms with E-state index in [9.17, 15) is 4.79 Å². The number of amides is 1. The van der Waals surface area contributed by atoms with E-state index in [4.69, 9.17) is 18.2 Å². The number of rotatable bonds is 5. The van der Waals surface area contributed by atoms with Crippen LogP contribution in [0.3, 0.4) is 0 Å². The zero-order valence-corrected chi connectivity index (χ0v) is 19.3. The van der Waals surface area contributed by atoms with Crippen LogP contribution in [0.25, 0.3) is 27.0 Å². The molecule has 1 aromatic carbocycles. The highest BCUT2D eigenvalue weighted by molar-refractivity contribution is 6.31. The number of aromatic nitrogens is 2. The van der Waals surface area contributed by atoms with E-state index in [0.717, 1.165) is 29.7 Å². The molecule has 8 heteroatoms. The summed E-state index contributed by atoms with van der Waals surface area (Å²) >= 11 is 6.47. The van der Waals surface area contributed by atoms with E-state index >= 15 is 4.39 Å². The maximum absolute atomic E-state index is 15.8. The van der Waals surface area contributed by atoms with Gasteiger partial charge in [0.05, 0.1) is 0 Å². The van der Waals surface area contributed by atoms with Crippen LogP contribution >= 0.6 is 11.6 Å². The van der Waals surface area contributed by atoms with Crippen LogP contribution in [0, 0.1) is 12.4 Å². The lowest BCUT2D eigenvalue weighted by Crippen LogP contribution is -2.56. The third kappa shape index (κ3) is 3.88. The van der Waals surface area contributed by atoms with E-state index in [1.165, 1.54) is 6.08 Å². The van der Waals surface area contributed by atoms with Crippen LogP contribution in [0.5, 0.6) is 0 Å². The highest BCUT2D eigenvalue weighted by Crippen LogP contribution is 2.48. The maximum atomic E-state index is 15.8. The SMILES string of the molecule is [C-]#[N+]C[C@H]1CN(c2ccnc3c(F)c(-c4cccc(Cl)c4C4CC4)ncc23)CCN1C(=O)C=C. The number of halogens is 2. The van der Waals surface area contributed by atoms with Crippen LogP contribution in [0.1, 0.15) is 24.3 Å². The van der Waals surface area contributed by atoms with Gasteiger partial charge in [0, 0.05) is 53.7 Å². The normalized spacial score (nSPS) is 18.1. The topological polar surface area (TPSA) is 53.7 Å². The third-order valence-electron chi connectivity index (χ3n) is 6.58. The van der Waals surface area contributed by atoms with Gasteiger partial charge in [-0.1, -0.05) is 30.3 Å². The molecule has 2 aliphatic rings. The minimum absolute atomic E-state index is 0.182. The summed E-state index contributed by atoms with van der Waals surface area (Å²) in [6.45, 7) is 12.5. The molecule has 0 spiro atoms. The Balaban J connectivity index is 1.54. The lowest BCUT2D eigenvalue weighted by Gasteiger charge is -2.40. The van der Waals surface area contributed by atoms with Crippen LogP contribution < -0.4 is 4.90 Å². The number of benzene rings is 1. The quantitative estimate of drug-likeness (QED) is 0.381. The highest BCUT2D eigenvalue weighted by Gasteiger charge is 2.33. The number of nitrogens with zero attached hydrogens (tertiary/aromatic N) is 5. The van der Waals surface area contributed by atoms with E-state index in [1.54, 1.807) is 17.3 Å². The zero-order chi connectivity index (χ0) is 23.8. The molecule has 3 aromatic rings. The van der Waals surface area contributed by atoms with Crippen LogP contribution in [0.4, 0.5) is 10.1 Å². The van der Waals surface area contributed by atoms with Crippen LogP contribution in [-0.2, 0) is 4.79 Å². The zero-order valence-electron chi connectivity index (χ0n) is 18.5. The molecule has 6 nitrogen and oxygen atoms in total. The molecule has 0 bridgehead atoms. The van der Waals surface area contributed by atoms with Crippen molar-refractivity contribution in [1.82, 2.24) is 14.9 Å². The van der Waals surface area contributed by atoms with Crippen molar-refractivity contribution >= 4 is 34.1 Å². The first-order chi connectivity index (χ1) is 16.5. The fraction of sp³-hybridized carbons (Fsp3) is 0.308. The van der Waals surface area contributed by atoms with Crippen molar-refractivity contribution in [2.75, 3.05) is 31.1 Å². The molecule has 1 amide bonds. The monoisotopic (exact) mass is 475 g/mol. The van der Waals surface area contributed by atoms with Gasteiger partial charge < -0.3 is 14.6 Å². The van der Waals surface area contributed by atoms with Crippen molar-refractivity contribution in [2.45, 2.75) is 24.8 Å². The smallest absolute Gasteiger partial charge is 0.246 e. The predicted molar refractivity (Wildman–Crippen MR) is 131 cm³/mol. The minimum atomic E-state index is -0.471. The van der Waals surface area contributed by atoms with Crippen molar-refractivity contribution in [2.24, 2.45) is 0 Å². The molecule has 3 heterocycles. The Morgan fingerprint density at radius 2 is 2.12 bits per heavy atom. The largest absolute Gasteiger partial charge is 0.367 e. The summed E-state index contributed by atoms with van der Waals surface area (Å²) in [6, 6.07) is 7.08. The molecule has 1 aliphatic carbocycles. The Kier molecular flexibility index (Phi) is 5.93. The van der Waals surface area contributed by atoms with Crippen LogP contribution in [0.15, 0.2) is 49.3 Å². The van der Waals surface area contributed by atoms with E-state index in [0.29, 0.717) is 36.0 Å². The average Bonchev–Trinajstić information content (AvgIpc) is 3.69. The summed E-state index contributed by atoms with van der Waals surface area (Å²) < 4.78 is 15.8. The molecule has 2 fully saturated rings. The van der Waals surface area contributed by atoms with E-state index < -0.39 is 5.82 Å². The summed E-state index contributed by atoms with van der Waals surface area (Å²) in [5.74, 6) is -0.311. The number of pyridine rings is 2. The summed E-state index contributed by atoms with van der Waals surface area (Å²) in [5.41, 5.74) is 2.97. The van der Waals surface area contributed by atoms with Gasteiger partial charge in [0.1, 0.15) is 17.3 Å². The fourth-order valence-electron chi connectivity index (χ4n) is 4.80. The van der Waals surface area contributed by atoms with Crippen molar-refractivity contribution in [3.8, 4) is 11.3 Å². The number of carbonyl (C=O) groups is 1. The Morgan fingerprint density at radius 3 is 2.85 bits per heavy atom. The molecule has 34 heavy (non-hydrogen) atoms. The summed E-state index contributed by atoms with van der Waals surface area (Å²) in [6.07, 6.45) is 6.62. The minimum Gasteiger partial charge on any atom is -0.367 e. The number of carbonyl (C=O) groups excluding carboxylic acids is 1. The van der Waals surface area contributed by atoms with Gasteiger partial charge in [0.15, 0.2) is 5.82 Å². The molecular weight excluding hydrogens is 453 g/mol. The van der Waals surface area contributed by atoms with Gasteiger partial charge >= 0.3 is 0 Å². The average molecular weight is 476 g/mol. The number of piperazine rings is 1. The fourth-order valence-corrected chi connectivity index (χ4v) is 5.13. The molecule has 0 N–H and O–H groups in total. The third-order valence-corrected chi connectivity index (χ3v) is 6.91. The lowest BCUT2D eigenvalue weighted by atomic mass is 9.99. The van der Waals surface area contributed by atoms with Gasteiger partial charge in [-0.25, -0.2) is 11.0 Å². The number of hydrogen-bond acceptors (Lipinski definition) is 4. The van der Waals surface area contributed by atoms with Crippen molar-refractivity contribution < 1.29 is 9.18 Å². The Hall–Kier alpha value is -3.50. The first kappa shape index (κ1) is 22.3. The molecule has 5 rings (SSSR count). The molecule has 2 aromatic heterocycles. The highest BCUT2D eigenvalue weighted by atomic mass is 35.5. The molecular formula is C26H23ClFN5O. The second-order valence-electron chi connectivity index (χ2n) is 8.66. The van der Waals surface area contributed by atoms with Crippen molar-refractivity contribution in [3.63, 3.8) is 0 Å². The van der Waals surface area contributed by atoms with Gasteiger partial charge in [0.25, 0.3) is 0 Å². The Morgan fingerprint density at radius 1 is 1.29 bits per heavy atom. The van der Waals surface area contributed by atoms with E-state index in [1.807, 2.05) is 24.3 Å². The van der Waals surface area contributed by atoms with E-state index in [2.05, 4.69) is 26.3 Å². The Labute approximate surface area is 202 Å². The predicted octanol–water partition coefficient (Wildman–Crippen LogP) is 5.09. The van der Waals surface area contributed by atoms with Gasteiger partial charge in [-0.2, -0.15) is 0 Å². The summed E-state index contributed by atoms with van der Waals surface area (Å²) in [7, 11) is 0. The van der Waals surface area contributed by atoms with Gasteiger partial charge in [-0.15, -0.1) is 0 Å². The molecule has 1 atom stereocenters. The molecule has 1 aliphatic heterocycles. The second kappa shape index (κ2) is 9.03. The summed E-state index contributed by atoms with van der Waals surface area (Å²) in [5, 5.41) is 1.24. The van der Waals surface area contributed by atoms with Crippen molar-refractivity contribution in [3.05, 3.63) is 77.1 Å².